The van der Waals surface area contributed by atoms with Crippen LogP contribution < -0.4 is 0 Å². The van der Waals surface area contributed by atoms with E-state index in [1.54, 1.807) is 0 Å². The summed E-state index contributed by atoms with van der Waals surface area (Å²) in [5.74, 6) is -4.01. The third-order valence-electron chi connectivity index (χ3n) is 12.3. The summed E-state index contributed by atoms with van der Waals surface area (Å²) >= 11 is 0. The number of ether oxygens (including phenoxy) is 7. The zero-order chi connectivity index (χ0) is 53.3. The van der Waals surface area contributed by atoms with Crippen LogP contribution in [0.4, 0.5) is 4.79 Å². The molecule has 0 radical (unpaired) electrons. The van der Waals surface area contributed by atoms with E-state index >= 15 is 0 Å². The van der Waals surface area contributed by atoms with Crippen LogP contribution in [0.5, 0.6) is 0 Å². The van der Waals surface area contributed by atoms with Crippen molar-refractivity contribution in [2.75, 3.05) is 80.0 Å². The number of rotatable bonds is 50. The minimum atomic E-state index is -0.680. The number of carbonyl (C=O) groups excluding carboxylic acids is 7. The van der Waals surface area contributed by atoms with Crippen molar-refractivity contribution in [3.05, 3.63) is 0 Å². The maximum Gasteiger partial charge on any atom is 0.409 e. The molecule has 0 saturated carbocycles. The average Bonchev–Trinajstić information content (AvgIpc) is 3.35. The van der Waals surface area contributed by atoms with E-state index < -0.39 is 29.9 Å². The number of esters is 6. The number of hydrogen-bond acceptors (Lipinski definition) is 15. The monoisotopic (exact) mass is 1030 g/mol. The highest BCUT2D eigenvalue weighted by molar-refractivity contribution is 5.73. The summed E-state index contributed by atoms with van der Waals surface area (Å²) in [7, 11) is 3.82. The Hall–Kier alpha value is -3.95. The van der Waals surface area contributed by atoms with Crippen LogP contribution in [0.15, 0.2) is 0 Å². The molecule has 0 unspecified atom stereocenters. The zero-order valence-corrected chi connectivity index (χ0v) is 46.3. The van der Waals surface area contributed by atoms with Crippen molar-refractivity contribution in [3.63, 3.8) is 0 Å². The SMILES string of the molecule is CCCCCCCCC(=O)OCC(COC(=O)CCCCCCCC)CC(=O)OCCN(CCOC(=O)CC(COC(=O)CCCCCCCC)COC(=O)CCCCCCCC)C(=O)OCCCN(C)C. The second kappa shape index (κ2) is 49.3. The minimum absolute atomic E-state index is 0.0767. The summed E-state index contributed by atoms with van der Waals surface area (Å²) in [6, 6.07) is 0. The van der Waals surface area contributed by atoms with E-state index in [2.05, 4.69) is 27.7 Å². The van der Waals surface area contributed by atoms with Crippen molar-refractivity contribution in [3.8, 4) is 0 Å². The van der Waals surface area contributed by atoms with E-state index in [1.165, 1.54) is 4.90 Å². The Labute approximate surface area is 435 Å². The molecule has 0 fully saturated rings. The molecule has 0 heterocycles. The molecule has 0 N–H and O–H groups in total. The lowest BCUT2D eigenvalue weighted by molar-refractivity contribution is -0.155. The fourth-order valence-corrected chi connectivity index (χ4v) is 7.72. The number of nitrogens with zero attached hydrogens (tertiary/aromatic N) is 2. The molecule has 0 aromatic heterocycles. The quantitative estimate of drug-likeness (QED) is 0.0317. The first-order valence-electron chi connectivity index (χ1n) is 28.3. The minimum Gasteiger partial charge on any atom is -0.465 e. The van der Waals surface area contributed by atoms with Crippen molar-refractivity contribution >= 4 is 41.9 Å². The molecule has 1 amide bonds. The molecule has 16 nitrogen and oxygen atoms in total. The molecule has 0 aromatic carbocycles. The van der Waals surface area contributed by atoms with Crippen molar-refractivity contribution in [2.24, 2.45) is 11.8 Å². The van der Waals surface area contributed by atoms with Crippen molar-refractivity contribution in [1.82, 2.24) is 9.80 Å². The van der Waals surface area contributed by atoms with Gasteiger partial charge >= 0.3 is 41.9 Å². The largest absolute Gasteiger partial charge is 0.465 e. The summed E-state index contributed by atoms with van der Waals surface area (Å²) in [5, 5.41) is 0. The highest BCUT2D eigenvalue weighted by atomic mass is 16.6. The third kappa shape index (κ3) is 44.7. The van der Waals surface area contributed by atoms with E-state index in [9.17, 15) is 33.6 Å². The lowest BCUT2D eigenvalue weighted by Gasteiger charge is -2.23. The van der Waals surface area contributed by atoms with E-state index in [0.717, 1.165) is 128 Å². The number of hydrogen-bond donors (Lipinski definition) is 0. The molecule has 0 bridgehead atoms. The molecule has 0 aliphatic heterocycles. The summed E-state index contributed by atoms with van der Waals surface area (Å²) in [6.07, 6.45) is 25.1. The van der Waals surface area contributed by atoms with Gasteiger partial charge in [-0.3, -0.25) is 28.8 Å². The highest BCUT2D eigenvalue weighted by Gasteiger charge is 2.23. The Morgan fingerprint density at radius 2 is 0.611 bits per heavy atom. The molecule has 16 heteroatoms. The zero-order valence-electron chi connectivity index (χ0n) is 46.3. The van der Waals surface area contributed by atoms with Gasteiger partial charge in [-0.1, -0.05) is 156 Å². The normalized spacial score (nSPS) is 11.2. The average molecular weight is 1030 g/mol. The van der Waals surface area contributed by atoms with Crippen molar-refractivity contribution in [1.29, 1.82) is 0 Å². The summed E-state index contributed by atoms with van der Waals surface area (Å²) in [4.78, 5) is 93.3. The first-order chi connectivity index (χ1) is 34.8. The Kier molecular flexibility index (Phi) is 46.6. The van der Waals surface area contributed by atoms with Gasteiger partial charge in [-0.2, -0.15) is 0 Å². The lowest BCUT2D eigenvalue weighted by atomic mass is 10.1. The van der Waals surface area contributed by atoms with E-state index in [-0.39, 0.29) is 122 Å². The van der Waals surface area contributed by atoms with Gasteiger partial charge < -0.3 is 43.0 Å². The first-order valence-corrected chi connectivity index (χ1v) is 28.3. The number of carbonyl (C=O) groups is 7. The summed E-state index contributed by atoms with van der Waals surface area (Å²) in [5.41, 5.74) is 0. The molecule has 0 rings (SSSR count). The van der Waals surface area contributed by atoms with E-state index in [0.29, 0.717) is 38.6 Å². The van der Waals surface area contributed by atoms with Gasteiger partial charge in [-0.25, -0.2) is 4.79 Å². The predicted octanol–water partition coefficient (Wildman–Crippen LogP) is 11.7. The maximum atomic E-state index is 13.3. The number of amides is 1. The van der Waals surface area contributed by atoms with Gasteiger partial charge in [-0.05, 0) is 46.2 Å². The first kappa shape index (κ1) is 68.0. The fourth-order valence-electron chi connectivity index (χ4n) is 7.72. The van der Waals surface area contributed by atoms with Crippen LogP contribution in [0, 0.1) is 11.8 Å². The molecule has 0 saturated heterocycles. The Bertz CT molecular complexity index is 1240. The molecule has 420 valence electrons. The van der Waals surface area contributed by atoms with Crippen molar-refractivity contribution in [2.45, 2.75) is 227 Å². The molecule has 0 atom stereocenters. The standard InChI is InChI=1S/C56H102N2O14/c1-7-11-15-19-23-27-32-50(59)69-44-48(45-70-51(60)33-28-24-20-16-12-8-2)42-54(63)66-40-37-58(56(65)68-39-31-36-57(5)6)38-41-67-55(64)43-49(46-71-52(61)34-29-25-21-17-13-9-3)47-72-53(62)35-30-26-22-18-14-10-4/h48-49H,7-47H2,1-6H3. The molecule has 0 aliphatic carbocycles. The third-order valence-corrected chi connectivity index (χ3v) is 12.3. The van der Waals surface area contributed by atoms with Crippen LogP contribution >= 0.6 is 0 Å². The molecule has 0 aromatic rings. The highest BCUT2D eigenvalue weighted by Crippen LogP contribution is 2.15. The van der Waals surface area contributed by atoms with Gasteiger partial charge in [0.05, 0.1) is 59.0 Å². The van der Waals surface area contributed by atoms with Crippen LogP contribution in [-0.4, -0.2) is 132 Å². The van der Waals surface area contributed by atoms with E-state index in [4.69, 9.17) is 33.2 Å². The molecule has 0 aliphatic rings. The van der Waals surface area contributed by atoms with Gasteiger partial charge in [0.15, 0.2) is 0 Å². The van der Waals surface area contributed by atoms with Crippen LogP contribution in [0.3, 0.4) is 0 Å². The van der Waals surface area contributed by atoms with Gasteiger partial charge in [0.1, 0.15) is 13.2 Å². The molecular formula is C56H102N2O14. The summed E-state index contributed by atoms with van der Waals surface area (Å²) < 4.78 is 38.7. The number of unbranched alkanes of at least 4 members (excludes halogenated alkanes) is 20. The predicted molar refractivity (Wildman–Crippen MR) is 280 cm³/mol. The second-order valence-corrected chi connectivity index (χ2v) is 19.6. The topological polar surface area (TPSA) is 191 Å². The Morgan fingerprint density at radius 1 is 0.319 bits per heavy atom. The lowest BCUT2D eigenvalue weighted by Crippen LogP contribution is -2.38. The van der Waals surface area contributed by atoms with E-state index in [1.807, 2.05) is 19.0 Å². The molecular weight excluding hydrogens is 925 g/mol. The second-order valence-electron chi connectivity index (χ2n) is 19.6. The van der Waals surface area contributed by atoms with Crippen molar-refractivity contribution < 1.29 is 66.7 Å². The van der Waals surface area contributed by atoms with Crippen LogP contribution in [0.2, 0.25) is 0 Å². The maximum absolute atomic E-state index is 13.3. The van der Waals surface area contributed by atoms with Gasteiger partial charge in [-0.15, -0.1) is 0 Å². The van der Waals surface area contributed by atoms with Gasteiger partial charge in [0.2, 0.25) is 0 Å². The Morgan fingerprint density at radius 3 is 0.903 bits per heavy atom. The smallest absolute Gasteiger partial charge is 0.409 e. The summed E-state index contributed by atoms with van der Waals surface area (Å²) in [6.45, 7) is 8.40. The van der Waals surface area contributed by atoms with Gasteiger partial charge in [0.25, 0.3) is 0 Å². The Balaban J connectivity index is 5.56. The molecule has 0 spiro atoms. The van der Waals surface area contributed by atoms with Gasteiger partial charge in [0, 0.05) is 44.1 Å². The molecule has 72 heavy (non-hydrogen) atoms. The van der Waals surface area contributed by atoms with Crippen LogP contribution in [-0.2, 0) is 61.9 Å². The van der Waals surface area contributed by atoms with Crippen LogP contribution in [0.25, 0.3) is 0 Å². The van der Waals surface area contributed by atoms with Crippen LogP contribution in [0.1, 0.15) is 227 Å². The fraction of sp³-hybridized carbons (Fsp3) is 0.875.